The van der Waals surface area contributed by atoms with Gasteiger partial charge in [-0.2, -0.15) is 0 Å². The van der Waals surface area contributed by atoms with Crippen LogP contribution in [0.5, 0.6) is 0 Å². The van der Waals surface area contributed by atoms with Crippen molar-refractivity contribution in [3.63, 3.8) is 0 Å². The highest BCUT2D eigenvalue weighted by Gasteiger charge is 2.36. The largest absolute Gasteiger partial charge is 0.356 e. The lowest BCUT2D eigenvalue weighted by atomic mass is 9.81. The van der Waals surface area contributed by atoms with E-state index in [4.69, 9.17) is 0 Å². The Morgan fingerprint density at radius 3 is 2.65 bits per heavy atom. The number of benzene rings is 1. The first-order valence-electron chi connectivity index (χ1n) is 8.43. The number of sulfone groups is 1. The molecule has 26 heavy (non-hydrogen) atoms. The van der Waals surface area contributed by atoms with Gasteiger partial charge in [-0.25, -0.2) is 22.8 Å². The highest BCUT2D eigenvalue weighted by atomic mass is 32.2. The van der Waals surface area contributed by atoms with Gasteiger partial charge in [-0.05, 0) is 49.1 Å². The third-order valence-corrected chi connectivity index (χ3v) is 6.95. The summed E-state index contributed by atoms with van der Waals surface area (Å²) in [5.41, 5.74) is 0.789. The monoisotopic (exact) mass is 374 g/mol. The molecule has 3 aromatic rings. The standard InChI is InChI=1S/C18H19FN4O2S/c1-23(18-16-6-7-20-17(16)21-11-22-18)14-8-12(9-14)10-26(24,25)15-4-2-13(19)3-5-15/h2-7,11-12,14H,8-10H2,1H3,(H,20,21,22)/t12-,14+. The molecule has 0 aliphatic heterocycles. The lowest BCUT2D eigenvalue weighted by Gasteiger charge is -2.41. The molecule has 8 heteroatoms. The molecular formula is C18H19FN4O2S. The number of hydrogen-bond acceptors (Lipinski definition) is 5. The molecular weight excluding hydrogens is 355 g/mol. The van der Waals surface area contributed by atoms with Crippen LogP contribution in [0.2, 0.25) is 0 Å². The summed E-state index contributed by atoms with van der Waals surface area (Å²) in [5, 5.41) is 0.956. The van der Waals surface area contributed by atoms with E-state index in [9.17, 15) is 12.8 Å². The van der Waals surface area contributed by atoms with Gasteiger partial charge in [0.15, 0.2) is 9.84 Å². The van der Waals surface area contributed by atoms with Crippen LogP contribution in [0.25, 0.3) is 11.0 Å². The van der Waals surface area contributed by atoms with E-state index in [1.165, 1.54) is 30.6 Å². The molecule has 136 valence electrons. The van der Waals surface area contributed by atoms with Gasteiger partial charge in [0, 0.05) is 19.3 Å². The number of anilines is 1. The average molecular weight is 374 g/mol. The second-order valence-corrected chi connectivity index (χ2v) is 8.81. The van der Waals surface area contributed by atoms with Crippen molar-refractivity contribution in [2.24, 2.45) is 5.92 Å². The summed E-state index contributed by atoms with van der Waals surface area (Å²) in [6.45, 7) is 0. The Kier molecular flexibility index (Phi) is 4.14. The minimum Gasteiger partial charge on any atom is -0.356 e. The molecule has 0 amide bonds. The van der Waals surface area contributed by atoms with Gasteiger partial charge in [0.25, 0.3) is 0 Å². The summed E-state index contributed by atoms with van der Waals surface area (Å²) < 4.78 is 37.9. The molecule has 0 unspecified atom stereocenters. The summed E-state index contributed by atoms with van der Waals surface area (Å²) >= 11 is 0. The second kappa shape index (κ2) is 6.35. The number of aromatic amines is 1. The molecule has 1 N–H and O–H groups in total. The number of fused-ring (bicyclic) bond motifs is 1. The molecule has 2 aromatic heterocycles. The molecule has 6 nitrogen and oxygen atoms in total. The van der Waals surface area contributed by atoms with E-state index in [0.717, 1.165) is 29.7 Å². The molecule has 4 rings (SSSR count). The summed E-state index contributed by atoms with van der Waals surface area (Å²) in [6, 6.07) is 7.21. The summed E-state index contributed by atoms with van der Waals surface area (Å²) in [6.07, 6.45) is 4.93. The molecule has 1 aliphatic carbocycles. The van der Waals surface area contributed by atoms with E-state index in [0.29, 0.717) is 0 Å². The van der Waals surface area contributed by atoms with E-state index >= 15 is 0 Å². The Labute approximate surface area is 151 Å². The Hall–Kier alpha value is -2.48. The van der Waals surface area contributed by atoms with Crippen molar-refractivity contribution in [2.75, 3.05) is 17.7 Å². The van der Waals surface area contributed by atoms with Crippen LogP contribution < -0.4 is 4.90 Å². The van der Waals surface area contributed by atoms with Crippen molar-refractivity contribution in [2.45, 2.75) is 23.8 Å². The highest BCUT2D eigenvalue weighted by Crippen LogP contribution is 2.36. The number of nitrogens with one attached hydrogen (secondary N) is 1. The van der Waals surface area contributed by atoms with E-state index < -0.39 is 15.7 Å². The fourth-order valence-corrected chi connectivity index (χ4v) is 5.15. The summed E-state index contributed by atoms with van der Waals surface area (Å²) in [7, 11) is -1.42. The van der Waals surface area contributed by atoms with Gasteiger partial charge >= 0.3 is 0 Å². The smallest absolute Gasteiger partial charge is 0.178 e. The number of H-pyrrole nitrogens is 1. The maximum atomic E-state index is 13.0. The van der Waals surface area contributed by atoms with Gasteiger partial charge in [-0.15, -0.1) is 0 Å². The Morgan fingerprint density at radius 1 is 1.19 bits per heavy atom. The molecule has 1 aromatic carbocycles. The van der Waals surface area contributed by atoms with Gasteiger partial charge in [0.2, 0.25) is 0 Å². The van der Waals surface area contributed by atoms with E-state index in [2.05, 4.69) is 19.9 Å². The molecule has 0 atom stereocenters. The predicted octanol–water partition coefficient (Wildman–Crippen LogP) is 2.79. The molecule has 2 heterocycles. The van der Waals surface area contributed by atoms with Crippen LogP contribution in [0, 0.1) is 11.7 Å². The van der Waals surface area contributed by atoms with Crippen molar-refractivity contribution in [1.82, 2.24) is 15.0 Å². The number of halogens is 1. The quantitative estimate of drug-likeness (QED) is 0.695. The normalized spacial score (nSPS) is 20.1. The van der Waals surface area contributed by atoms with Crippen LogP contribution in [0.3, 0.4) is 0 Å². The SMILES string of the molecule is CN(c1ncnc2[nH]ccc12)[C@H]1C[C@@H](CS(=O)(=O)c2ccc(F)cc2)C1. The molecule has 1 saturated carbocycles. The van der Waals surface area contributed by atoms with E-state index in [-0.39, 0.29) is 22.6 Å². The van der Waals surface area contributed by atoms with E-state index in [1.54, 1.807) is 0 Å². The summed E-state index contributed by atoms with van der Waals surface area (Å²) in [4.78, 5) is 13.9. The zero-order valence-electron chi connectivity index (χ0n) is 14.3. The van der Waals surface area contributed by atoms with Crippen molar-refractivity contribution in [3.05, 3.63) is 48.7 Å². The topological polar surface area (TPSA) is 79.0 Å². The number of hydrogen-bond donors (Lipinski definition) is 1. The third kappa shape index (κ3) is 3.05. The first kappa shape index (κ1) is 17.0. The van der Waals surface area contributed by atoms with Crippen molar-refractivity contribution in [1.29, 1.82) is 0 Å². The first-order chi connectivity index (χ1) is 12.4. The maximum absolute atomic E-state index is 13.0. The minimum absolute atomic E-state index is 0.0896. The van der Waals surface area contributed by atoms with Gasteiger partial charge in [-0.1, -0.05) is 0 Å². The van der Waals surface area contributed by atoms with Crippen LogP contribution in [0.15, 0.2) is 47.8 Å². The van der Waals surface area contributed by atoms with Crippen LogP contribution in [-0.4, -0.2) is 42.2 Å². The highest BCUT2D eigenvalue weighted by molar-refractivity contribution is 7.91. The Morgan fingerprint density at radius 2 is 1.92 bits per heavy atom. The lowest BCUT2D eigenvalue weighted by Crippen LogP contribution is -2.45. The van der Waals surface area contributed by atoms with Crippen LogP contribution in [0.4, 0.5) is 10.2 Å². The number of rotatable bonds is 5. The van der Waals surface area contributed by atoms with Crippen molar-refractivity contribution in [3.8, 4) is 0 Å². The fraction of sp³-hybridized carbons (Fsp3) is 0.333. The van der Waals surface area contributed by atoms with Gasteiger partial charge in [-0.3, -0.25) is 0 Å². The Bertz CT molecular complexity index is 1030. The number of aromatic nitrogens is 3. The van der Waals surface area contributed by atoms with Crippen LogP contribution in [-0.2, 0) is 9.84 Å². The van der Waals surface area contributed by atoms with Crippen molar-refractivity contribution >= 4 is 26.7 Å². The molecule has 0 bridgehead atoms. The summed E-state index contributed by atoms with van der Waals surface area (Å²) in [5.74, 6) is 0.601. The zero-order valence-corrected chi connectivity index (χ0v) is 15.1. The van der Waals surface area contributed by atoms with Crippen molar-refractivity contribution < 1.29 is 12.8 Å². The molecule has 1 aliphatic rings. The lowest BCUT2D eigenvalue weighted by molar-refractivity contribution is 0.282. The van der Waals surface area contributed by atoms with Crippen LogP contribution in [0.1, 0.15) is 12.8 Å². The Balaban J connectivity index is 1.42. The van der Waals surface area contributed by atoms with Gasteiger partial charge < -0.3 is 9.88 Å². The predicted molar refractivity (Wildman–Crippen MR) is 97.3 cm³/mol. The van der Waals surface area contributed by atoms with Gasteiger partial charge in [0.1, 0.15) is 23.6 Å². The zero-order chi connectivity index (χ0) is 18.3. The fourth-order valence-electron chi connectivity index (χ4n) is 3.51. The molecule has 1 fully saturated rings. The molecule has 0 radical (unpaired) electrons. The van der Waals surface area contributed by atoms with Gasteiger partial charge in [0.05, 0.1) is 16.0 Å². The molecule has 0 saturated heterocycles. The maximum Gasteiger partial charge on any atom is 0.178 e. The third-order valence-electron chi connectivity index (χ3n) is 5.05. The van der Waals surface area contributed by atoms with E-state index in [1.807, 2.05) is 19.3 Å². The first-order valence-corrected chi connectivity index (χ1v) is 10.1. The number of nitrogens with zero attached hydrogens (tertiary/aromatic N) is 3. The van der Waals surface area contributed by atoms with Crippen LogP contribution >= 0.6 is 0 Å². The molecule has 0 spiro atoms. The minimum atomic E-state index is -3.39. The second-order valence-electron chi connectivity index (χ2n) is 6.77. The average Bonchev–Trinajstić information content (AvgIpc) is 3.06.